The van der Waals surface area contributed by atoms with Crippen LogP contribution in [0.15, 0.2) is 12.1 Å². The summed E-state index contributed by atoms with van der Waals surface area (Å²) in [5.41, 5.74) is 0. The van der Waals surface area contributed by atoms with E-state index >= 15 is 0 Å². The first-order valence-electron chi connectivity index (χ1n) is 4.06. The molecule has 1 aromatic heterocycles. The predicted octanol–water partition coefficient (Wildman–Crippen LogP) is 2.41. The summed E-state index contributed by atoms with van der Waals surface area (Å²) in [7, 11) is 0. The van der Waals surface area contributed by atoms with Gasteiger partial charge in [-0.25, -0.2) is 0 Å². The molecule has 2 nitrogen and oxygen atoms in total. The number of ether oxygens (including phenoxy) is 1. The van der Waals surface area contributed by atoms with Gasteiger partial charge in [0.15, 0.2) is 6.29 Å². The van der Waals surface area contributed by atoms with Gasteiger partial charge in [0.05, 0.1) is 11.0 Å². The van der Waals surface area contributed by atoms with Crippen molar-refractivity contribution >= 4 is 17.6 Å². The largest absolute Gasteiger partial charge is 0.373 e. The van der Waals surface area contributed by atoms with Gasteiger partial charge in [0.25, 0.3) is 0 Å². The Balaban J connectivity index is 2.16. The standard InChI is InChI=1S/C9H10O2S/c10-6-7-3-4-9(12-7)8-2-1-5-11-8/h3-4,6,8H,1-2,5H2/t8-/m0/s1. The maximum Gasteiger partial charge on any atom is 0.160 e. The molecule has 1 aliphatic rings. The van der Waals surface area contributed by atoms with Crippen molar-refractivity contribution < 1.29 is 9.53 Å². The Morgan fingerprint density at radius 1 is 1.58 bits per heavy atom. The van der Waals surface area contributed by atoms with Crippen LogP contribution in [0.2, 0.25) is 0 Å². The second-order valence-electron chi connectivity index (χ2n) is 2.86. The third-order valence-corrected chi connectivity index (χ3v) is 3.11. The molecule has 1 fully saturated rings. The van der Waals surface area contributed by atoms with E-state index in [0.717, 1.165) is 30.6 Å². The highest BCUT2D eigenvalue weighted by atomic mass is 32.1. The molecule has 0 spiro atoms. The lowest BCUT2D eigenvalue weighted by molar-refractivity contribution is 0.112. The molecule has 1 saturated heterocycles. The Bertz CT molecular complexity index is 274. The fourth-order valence-electron chi connectivity index (χ4n) is 1.41. The summed E-state index contributed by atoms with van der Waals surface area (Å²) >= 11 is 1.54. The molecule has 2 rings (SSSR count). The van der Waals surface area contributed by atoms with Gasteiger partial charge in [-0.3, -0.25) is 4.79 Å². The van der Waals surface area contributed by atoms with Gasteiger partial charge in [-0.15, -0.1) is 11.3 Å². The van der Waals surface area contributed by atoms with E-state index in [0.29, 0.717) is 0 Å². The minimum Gasteiger partial charge on any atom is -0.373 e. The average Bonchev–Trinajstić information content (AvgIpc) is 2.75. The summed E-state index contributed by atoms with van der Waals surface area (Å²) < 4.78 is 5.49. The van der Waals surface area contributed by atoms with E-state index in [1.165, 1.54) is 16.2 Å². The molecule has 1 atom stereocenters. The lowest BCUT2D eigenvalue weighted by Gasteiger charge is -2.04. The number of hydrogen-bond acceptors (Lipinski definition) is 3. The van der Waals surface area contributed by atoms with Gasteiger partial charge in [-0.1, -0.05) is 0 Å². The molecular weight excluding hydrogens is 172 g/mol. The molecule has 0 bridgehead atoms. The van der Waals surface area contributed by atoms with Crippen LogP contribution in [0.25, 0.3) is 0 Å². The van der Waals surface area contributed by atoms with Gasteiger partial charge < -0.3 is 4.74 Å². The van der Waals surface area contributed by atoms with Crippen molar-refractivity contribution in [1.82, 2.24) is 0 Å². The van der Waals surface area contributed by atoms with E-state index in [2.05, 4.69) is 0 Å². The first-order chi connectivity index (χ1) is 5.90. The monoisotopic (exact) mass is 182 g/mol. The van der Waals surface area contributed by atoms with Gasteiger partial charge in [-0.05, 0) is 25.0 Å². The first-order valence-corrected chi connectivity index (χ1v) is 4.88. The number of carbonyl (C=O) groups is 1. The van der Waals surface area contributed by atoms with Crippen LogP contribution < -0.4 is 0 Å². The number of rotatable bonds is 2. The fourth-order valence-corrected chi connectivity index (χ4v) is 2.32. The molecular formula is C9H10O2S. The molecule has 3 heteroatoms. The zero-order chi connectivity index (χ0) is 8.39. The summed E-state index contributed by atoms with van der Waals surface area (Å²) in [5, 5.41) is 0. The quantitative estimate of drug-likeness (QED) is 0.656. The molecule has 1 aliphatic heterocycles. The van der Waals surface area contributed by atoms with Crippen molar-refractivity contribution in [3.8, 4) is 0 Å². The molecule has 0 radical (unpaired) electrons. The molecule has 0 unspecified atom stereocenters. The number of aldehydes is 1. The van der Waals surface area contributed by atoms with Crippen molar-refractivity contribution in [2.45, 2.75) is 18.9 Å². The van der Waals surface area contributed by atoms with Gasteiger partial charge in [0, 0.05) is 11.5 Å². The maximum absolute atomic E-state index is 10.4. The van der Waals surface area contributed by atoms with E-state index in [1.54, 1.807) is 0 Å². The Labute approximate surface area is 75.2 Å². The second kappa shape index (κ2) is 3.37. The molecule has 0 aromatic carbocycles. The van der Waals surface area contributed by atoms with E-state index in [-0.39, 0.29) is 6.10 Å². The Morgan fingerprint density at radius 3 is 3.08 bits per heavy atom. The normalized spacial score (nSPS) is 22.8. The fraction of sp³-hybridized carbons (Fsp3) is 0.444. The highest BCUT2D eigenvalue weighted by molar-refractivity contribution is 7.13. The zero-order valence-electron chi connectivity index (χ0n) is 6.66. The Morgan fingerprint density at radius 2 is 2.50 bits per heavy atom. The lowest BCUT2D eigenvalue weighted by Crippen LogP contribution is -1.90. The van der Waals surface area contributed by atoms with Crippen LogP contribution in [0.4, 0.5) is 0 Å². The SMILES string of the molecule is O=Cc1ccc([C@@H]2CCCO2)s1. The van der Waals surface area contributed by atoms with Crippen LogP contribution in [0.5, 0.6) is 0 Å². The minimum absolute atomic E-state index is 0.253. The van der Waals surface area contributed by atoms with Crippen LogP contribution >= 0.6 is 11.3 Å². The molecule has 1 aromatic rings. The summed E-state index contributed by atoms with van der Waals surface area (Å²) in [4.78, 5) is 12.4. The Kier molecular flexibility index (Phi) is 2.23. The second-order valence-corrected chi connectivity index (χ2v) is 4.01. The van der Waals surface area contributed by atoms with Gasteiger partial charge in [0.1, 0.15) is 0 Å². The van der Waals surface area contributed by atoms with Crippen LogP contribution in [0.3, 0.4) is 0 Å². The highest BCUT2D eigenvalue weighted by Crippen LogP contribution is 2.32. The molecule has 12 heavy (non-hydrogen) atoms. The van der Waals surface area contributed by atoms with Gasteiger partial charge in [-0.2, -0.15) is 0 Å². The van der Waals surface area contributed by atoms with Crippen molar-refractivity contribution in [2.75, 3.05) is 6.61 Å². The smallest absolute Gasteiger partial charge is 0.160 e. The summed E-state index contributed by atoms with van der Waals surface area (Å²) in [5.74, 6) is 0. The molecule has 0 amide bonds. The number of carbonyl (C=O) groups excluding carboxylic acids is 1. The van der Waals surface area contributed by atoms with E-state index in [1.807, 2.05) is 12.1 Å². The van der Waals surface area contributed by atoms with Gasteiger partial charge >= 0.3 is 0 Å². The van der Waals surface area contributed by atoms with Crippen molar-refractivity contribution in [3.05, 3.63) is 21.9 Å². The Hall–Kier alpha value is -0.670. The van der Waals surface area contributed by atoms with E-state index in [9.17, 15) is 4.79 Å². The highest BCUT2D eigenvalue weighted by Gasteiger charge is 2.18. The summed E-state index contributed by atoms with van der Waals surface area (Å²) in [6.07, 6.45) is 3.38. The molecule has 2 heterocycles. The topological polar surface area (TPSA) is 26.3 Å². The average molecular weight is 182 g/mol. The molecule has 64 valence electrons. The van der Waals surface area contributed by atoms with E-state index < -0.39 is 0 Å². The summed E-state index contributed by atoms with van der Waals surface area (Å²) in [6, 6.07) is 3.85. The first kappa shape index (κ1) is 7.95. The molecule has 0 aliphatic carbocycles. The van der Waals surface area contributed by atoms with Crippen molar-refractivity contribution in [1.29, 1.82) is 0 Å². The zero-order valence-corrected chi connectivity index (χ0v) is 7.47. The third-order valence-electron chi connectivity index (χ3n) is 2.01. The van der Waals surface area contributed by atoms with Crippen molar-refractivity contribution in [3.63, 3.8) is 0 Å². The predicted molar refractivity (Wildman–Crippen MR) is 47.6 cm³/mol. The lowest BCUT2D eigenvalue weighted by atomic mass is 10.2. The third kappa shape index (κ3) is 1.42. The number of thiophene rings is 1. The maximum atomic E-state index is 10.4. The number of hydrogen-bond donors (Lipinski definition) is 0. The van der Waals surface area contributed by atoms with Crippen LogP contribution in [0.1, 0.15) is 33.5 Å². The van der Waals surface area contributed by atoms with Crippen molar-refractivity contribution in [2.24, 2.45) is 0 Å². The molecule has 0 saturated carbocycles. The van der Waals surface area contributed by atoms with Gasteiger partial charge in [0.2, 0.25) is 0 Å². The van der Waals surface area contributed by atoms with E-state index in [4.69, 9.17) is 4.74 Å². The van der Waals surface area contributed by atoms with Crippen LogP contribution in [0, 0.1) is 0 Å². The van der Waals surface area contributed by atoms with Crippen LogP contribution in [-0.4, -0.2) is 12.9 Å². The van der Waals surface area contributed by atoms with Crippen LogP contribution in [-0.2, 0) is 4.74 Å². The minimum atomic E-state index is 0.253. The summed E-state index contributed by atoms with van der Waals surface area (Å²) in [6.45, 7) is 0.860. The molecule has 0 N–H and O–H groups in total.